The molecule has 0 atom stereocenters. The highest BCUT2D eigenvalue weighted by Crippen LogP contribution is 2.41. The maximum atomic E-state index is 14.1. The molecular formula is C31H34FN3O4S. The number of carbonyl (C=O) groups is 2. The lowest BCUT2D eigenvalue weighted by atomic mass is 9.85. The molecule has 0 radical (unpaired) electrons. The lowest BCUT2D eigenvalue weighted by Gasteiger charge is -2.43. The molecule has 2 aliphatic heterocycles. The largest absolute Gasteiger partial charge is 0.338 e. The van der Waals surface area contributed by atoms with E-state index < -0.39 is 15.4 Å². The maximum Gasteiger partial charge on any atom is 0.254 e. The third-order valence-electron chi connectivity index (χ3n) is 7.92. The number of carbonyl (C=O) groups excluding carboxylic acids is 2. The Morgan fingerprint density at radius 2 is 1.55 bits per heavy atom. The average molecular weight is 564 g/mol. The molecule has 0 aromatic heterocycles. The number of rotatable bonds is 9. The number of piperidine rings is 1. The molecule has 1 spiro atoms. The Kier molecular flexibility index (Phi) is 8.05. The van der Waals surface area contributed by atoms with E-state index in [0.717, 1.165) is 31.0 Å². The Balaban J connectivity index is 1.27. The van der Waals surface area contributed by atoms with Gasteiger partial charge >= 0.3 is 0 Å². The first-order valence-corrected chi connectivity index (χ1v) is 15.6. The van der Waals surface area contributed by atoms with Gasteiger partial charge in [0.25, 0.3) is 5.91 Å². The number of hydrogen-bond acceptors (Lipinski definition) is 6. The minimum atomic E-state index is -3.15. The van der Waals surface area contributed by atoms with E-state index in [-0.39, 0.29) is 23.3 Å². The van der Waals surface area contributed by atoms with Gasteiger partial charge in [-0.05, 0) is 79.9 Å². The first-order valence-electron chi connectivity index (χ1n) is 13.6. The quantitative estimate of drug-likeness (QED) is 0.352. The van der Waals surface area contributed by atoms with Gasteiger partial charge in [-0.1, -0.05) is 30.3 Å². The van der Waals surface area contributed by atoms with Gasteiger partial charge in [-0.25, -0.2) is 12.8 Å². The molecule has 2 saturated heterocycles. The van der Waals surface area contributed by atoms with Crippen LogP contribution in [0, 0.1) is 5.82 Å². The second-order valence-electron chi connectivity index (χ2n) is 10.8. The van der Waals surface area contributed by atoms with E-state index in [1.54, 1.807) is 17.0 Å². The number of nitrogens with zero attached hydrogens (tertiary/aromatic N) is 3. The van der Waals surface area contributed by atoms with Gasteiger partial charge in [0.15, 0.2) is 15.6 Å². The molecule has 2 aliphatic rings. The molecule has 0 unspecified atom stereocenters. The number of hydrogen-bond donors (Lipinski definition) is 0. The highest BCUT2D eigenvalue weighted by atomic mass is 32.2. The first-order chi connectivity index (χ1) is 19.1. The van der Waals surface area contributed by atoms with Gasteiger partial charge in [0.2, 0.25) is 0 Å². The molecule has 0 saturated carbocycles. The SMILES string of the molecule is CS(=O)(=O)Cc1ccc(N2CN(c3ccccc3)C3(CCN(CCCC(=O)c4ccc(F)cc4)CC3)C2=O)cc1. The van der Waals surface area contributed by atoms with Crippen molar-refractivity contribution in [3.05, 3.63) is 95.8 Å². The van der Waals surface area contributed by atoms with E-state index in [0.29, 0.717) is 43.5 Å². The molecule has 2 heterocycles. The van der Waals surface area contributed by atoms with E-state index >= 15 is 0 Å². The molecule has 3 aromatic carbocycles. The van der Waals surface area contributed by atoms with Crippen molar-refractivity contribution in [3.8, 4) is 0 Å². The van der Waals surface area contributed by atoms with Crippen LogP contribution in [0.3, 0.4) is 0 Å². The Bertz CT molecular complexity index is 1450. The predicted octanol–water partition coefficient (Wildman–Crippen LogP) is 4.68. The topological polar surface area (TPSA) is 78.0 Å². The monoisotopic (exact) mass is 563 g/mol. The second kappa shape index (κ2) is 11.5. The Morgan fingerprint density at radius 3 is 2.17 bits per heavy atom. The second-order valence-corrected chi connectivity index (χ2v) is 12.9. The van der Waals surface area contributed by atoms with Crippen molar-refractivity contribution < 1.29 is 22.4 Å². The number of benzene rings is 3. The Labute approximate surface area is 235 Å². The molecular weight excluding hydrogens is 529 g/mol. The number of sulfone groups is 1. The summed E-state index contributed by atoms with van der Waals surface area (Å²) in [6.45, 7) is 2.65. The minimum absolute atomic E-state index is 0.00731. The van der Waals surface area contributed by atoms with Gasteiger partial charge in [0.1, 0.15) is 11.4 Å². The summed E-state index contributed by atoms with van der Waals surface area (Å²) >= 11 is 0. The summed E-state index contributed by atoms with van der Waals surface area (Å²) in [5, 5.41) is 0. The van der Waals surface area contributed by atoms with Crippen molar-refractivity contribution in [1.82, 2.24) is 4.90 Å². The van der Waals surface area contributed by atoms with E-state index in [4.69, 9.17) is 0 Å². The van der Waals surface area contributed by atoms with Crippen molar-refractivity contribution in [2.45, 2.75) is 37.0 Å². The Hall–Kier alpha value is -3.56. The van der Waals surface area contributed by atoms with Crippen molar-refractivity contribution >= 4 is 32.9 Å². The minimum Gasteiger partial charge on any atom is -0.338 e. The molecule has 5 rings (SSSR count). The lowest BCUT2D eigenvalue weighted by Crippen LogP contribution is -2.56. The molecule has 9 heteroatoms. The zero-order valence-electron chi connectivity index (χ0n) is 22.6. The fourth-order valence-electron chi connectivity index (χ4n) is 5.79. The fraction of sp³-hybridized carbons (Fsp3) is 0.355. The standard InChI is InChI=1S/C31H34FN3O4S/c1-40(38,39)22-24-9-15-27(16-10-24)34-23-35(28-6-3-2-4-7-28)31(30(34)37)17-20-33(21-18-31)19-5-8-29(36)25-11-13-26(32)14-12-25/h2-4,6-7,9-16H,5,8,17-23H2,1H3. The predicted molar refractivity (Wildman–Crippen MR) is 155 cm³/mol. The lowest BCUT2D eigenvalue weighted by molar-refractivity contribution is -0.123. The normalized spacial score (nSPS) is 17.5. The molecule has 0 aliphatic carbocycles. The summed E-state index contributed by atoms with van der Waals surface area (Å²) in [4.78, 5) is 32.9. The van der Waals surface area contributed by atoms with Crippen LogP contribution in [-0.2, 0) is 20.4 Å². The fourth-order valence-corrected chi connectivity index (χ4v) is 6.59. The zero-order valence-corrected chi connectivity index (χ0v) is 23.4. The summed E-state index contributed by atoms with van der Waals surface area (Å²) in [6, 6.07) is 22.8. The molecule has 0 N–H and O–H groups in total. The number of ketones is 1. The third-order valence-corrected chi connectivity index (χ3v) is 8.77. The first kappa shape index (κ1) is 28.0. The summed E-state index contributed by atoms with van der Waals surface area (Å²) in [5.41, 5.74) is 2.29. The maximum absolute atomic E-state index is 14.1. The summed E-state index contributed by atoms with van der Waals surface area (Å²) in [7, 11) is -3.15. The molecule has 1 amide bonds. The van der Waals surface area contributed by atoms with Crippen LogP contribution < -0.4 is 9.80 Å². The van der Waals surface area contributed by atoms with E-state index in [1.807, 2.05) is 42.5 Å². The van der Waals surface area contributed by atoms with Crippen LogP contribution >= 0.6 is 0 Å². The van der Waals surface area contributed by atoms with Gasteiger partial charge in [0.05, 0.1) is 12.4 Å². The van der Waals surface area contributed by atoms with Crippen LogP contribution in [0.5, 0.6) is 0 Å². The summed E-state index contributed by atoms with van der Waals surface area (Å²) < 4.78 is 36.5. The van der Waals surface area contributed by atoms with Crippen molar-refractivity contribution in [2.24, 2.45) is 0 Å². The third kappa shape index (κ3) is 6.10. The van der Waals surface area contributed by atoms with Crippen LogP contribution in [0.1, 0.15) is 41.6 Å². The summed E-state index contributed by atoms with van der Waals surface area (Å²) in [5.74, 6) is -0.328. The van der Waals surface area contributed by atoms with Gasteiger partial charge in [-0.2, -0.15) is 0 Å². The number of halogens is 1. The number of Topliss-reactive ketones (excluding diaryl/α,β-unsaturated/α-hetero) is 1. The molecule has 2 fully saturated rings. The van der Waals surface area contributed by atoms with Crippen molar-refractivity contribution in [1.29, 1.82) is 0 Å². The number of likely N-dealkylation sites (tertiary alicyclic amines) is 1. The summed E-state index contributed by atoms with van der Waals surface area (Å²) in [6.07, 6.45) is 3.63. The highest BCUT2D eigenvalue weighted by molar-refractivity contribution is 7.89. The molecule has 0 bridgehead atoms. The van der Waals surface area contributed by atoms with E-state index in [1.165, 1.54) is 30.5 Å². The van der Waals surface area contributed by atoms with Gasteiger partial charge in [-0.3, -0.25) is 14.5 Å². The molecule has 210 valence electrons. The van der Waals surface area contributed by atoms with E-state index in [9.17, 15) is 22.4 Å². The average Bonchev–Trinajstić information content (AvgIpc) is 3.21. The van der Waals surface area contributed by atoms with Gasteiger partial charge < -0.3 is 9.80 Å². The van der Waals surface area contributed by atoms with Crippen LogP contribution in [0.4, 0.5) is 15.8 Å². The Morgan fingerprint density at radius 1 is 0.900 bits per heavy atom. The molecule has 40 heavy (non-hydrogen) atoms. The molecule has 7 nitrogen and oxygen atoms in total. The molecule has 3 aromatic rings. The van der Waals surface area contributed by atoms with Crippen LogP contribution in [0.15, 0.2) is 78.9 Å². The van der Waals surface area contributed by atoms with Crippen molar-refractivity contribution in [2.75, 3.05) is 42.4 Å². The van der Waals surface area contributed by atoms with Gasteiger partial charge in [0, 0.05) is 42.7 Å². The van der Waals surface area contributed by atoms with E-state index in [2.05, 4.69) is 9.80 Å². The number of para-hydroxylation sites is 1. The van der Waals surface area contributed by atoms with Crippen LogP contribution in [0.25, 0.3) is 0 Å². The zero-order chi connectivity index (χ0) is 28.3. The number of amides is 1. The smallest absolute Gasteiger partial charge is 0.254 e. The highest BCUT2D eigenvalue weighted by Gasteiger charge is 2.54. The van der Waals surface area contributed by atoms with Crippen LogP contribution in [-0.4, -0.2) is 63.1 Å². The van der Waals surface area contributed by atoms with Crippen molar-refractivity contribution in [3.63, 3.8) is 0 Å². The van der Waals surface area contributed by atoms with Crippen LogP contribution in [0.2, 0.25) is 0 Å². The number of anilines is 2. The van der Waals surface area contributed by atoms with Gasteiger partial charge in [-0.15, -0.1) is 0 Å².